The number of pyridine rings is 2. The summed E-state index contributed by atoms with van der Waals surface area (Å²) < 4.78 is 2.07. The maximum atomic E-state index is 10.9. The van der Waals surface area contributed by atoms with Crippen molar-refractivity contribution in [2.24, 2.45) is 0 Å². The van der Waals surface area contributed by atoms with Gasteiger partial charge in [0.15, 0.2) is 0 Å². The van der Waals surface area contributed by atoms with Crippen molar-refractivity contribution in [2.75, 3.05) is 0 Å². The summed E-state index contributed by atoms with van der Waals surface area (Å²) in [4.78, 5) is 14.6. The molecule has 0 aliphatic carbocycles. The lowest BCUT2D eigenvalue weighted by atomic mass is 9.90. The van der Waals surface area contributed by atoms with Gasteiger partial charge < -0.3 is 5.11 Å². The smallest absolute Gasteiger partial charge is 0.149 e. The molecule has 0 unspecified atom stereocenters. The van der Waals surface area contributed by atoms with E-state index in [1.807, 2.05) is 85.3 Å². The lowest BCUT2D eigenvalue weighted by Gasteiger charge is -2.15. The zero-order valence-electron chi connectivity index (χ0n) is 24.3. The fourth-order valence-corrected chi connectivity index (χ4v) is 6.13. The van der Waals surface area contributed by atoms with Gasteiger partial charge in [-0.15, -0.1) is 0 Å². The number of phenolic OH excluding ortho intramolecular Hbond substituents is 1. The highest BCUT2D eigenvalue weighted by Crippen LogP contribution is 2.40. The first-order valence-electron chi connectivity index (χ1n) is 14.3. The molecule has 0 aliphatic rings. The van der Waals surface area contributed by atoms with Crippen molar-refractivity contribution in [3.05, 3.63) is 138 Å². The van der Waals surface area contributed by atoms with Gasteiger partial charge in [0.1, 0.15) is 17.1 Å². The van der Waals surface area contributed by atoms with Gasteiger partial charge in [0.2, 0.25) is 0 Å². The first-order valence-corrected chi connectivity index (χ1v) is 14.3. The number of hydrogen-bond donors (Lipinski definition) is 1. The van der Waals surface area contributed by atoms with Crippen molar-refractivity contribution in [3.8, 4) is 56.3 Å². The standard InChI is InChI=1S/C38H30N4O/c1-24-17-25(2)36(26(3)18-24)29-20-27(19-28(21-29)33-14-9-10-16-40-33)32-22-39-23-34-37(32)41-38(31-13-7-8-15-35(31)43)42(34)30-11-5-4-6-12-30/h4-23,43H,1-3H3. The molecule has 0 saturated carbocycles. The van der Waals surface area contributed by atoms with Crippen molar-refractivity contribution in [1.82, 2.24) is 19.5 Å². The molecule has 3 heterocycles. The Balaban J connectivity index is 1.53. The first kappa shape index (κ1) is 26.4. The molecule has 43 heavy (non-hydrogen) atoms. The predicted octanol–water partition coefficient (Wildman–Crippen LogP) is 9.11. The summed E-state index contributed by atoms with van der Waals surface area (Å²) in [6, 6.07) is 34.5. The number of nitrogens with zero attached hydrogens (tertiary/aromatic N) is 4. The van der Waals surface area contributed by atoms with Gasteiger partial charge in [0.05, 0.1) is 23.0 Å². The van der Waals surface area contributed by atoms with Crippen molar-refractivity contribution in [2.45, 2.75) is 20.8 Å². The number of hydrogen-bond acceptors (Lipinski definition) is 4. The van der Waals surface area contributed by atoms with E-state index in [2.05, 4.69) is 60.7 Å². The second-order valence-electron chi connectivity index (χ2n) is 11.0. The normalized spacial score (nSPS) is 11.2. The number of rotatable bonds is 5. The van der Waals surface area contributed by atoms with Crippen molar-refractivity contribution >= 4 is 11.0 Å². The molecular formula is C38H30N4O. The molecule has 7 aromatic rings. The van der Waals surface area contributed by atoms with E-state index in [0.717, 1.165) is 44.7 Å². The number of fused-ring (bicyclic) bond motifs is 1. The van der Waals surface area contributed by atoms with Crippen LogP contribution < -0.4 is 0 Å². The average Bonchev–Trinajstić information content (AvgIpc) is 3.41. The zero-order chi connectivity index (χ0) is 29.5. The van der Waals surface area contributed by atoms with Gasteiger partial charge in [-0.25, -0.2) is 4.98 Å². The van der Waals surface area contributed by atoms with Crippen molar-refractivity contribution in [3.63, 3.8) is 0 Å². The maximum Gasteiger partial charge on any atom is 0.149 e. The molecule has 0 bridgehead atoms. The second kappa shape index (κ2) is 10.7. The van der Waals surface area contributed by atoms with Crippen LogP contribution in [0, 0.1) is 20.8 Å². The van der Waals surface area contributed by atoms with Gasteiger partial charge in [-0.05, 0) is 103 Å². The molecule has 3 aromatic heterocycles. The molecule has 5 nitrogen and oxygen atoms in total. The summed E-state index contributed by atoms with van der Waals surface area (Å²) in [7, 11) is 0. The van der Waals surface area contributed by atoms with Crippen LogP contribution in [-0.4, -0.2) is 24.6 Å². The Morgan fingerprint density at radius 3 is 2.09 bits per heavy atom. The van der Waals surface area contributed by atoms with Crippen molar-refractivity contribution in [1.29, 1.82) is 0 Å². The number of phenols is 1. The number of aromatic hydroxyl groups is 1. The van der Waals surface area contributed by atoms with Crippen LogP contribution in [0.15, 0.2) is 122 Å². The van der Waals surface area contributed by atoms with E-state index < -0.39 is 0 Å². The van der Waals surface area contributed by atoms with Gasteiger partial charge in [-0.1, -0.05) is 54.1 Å². The van der Waals surface area contributed by atoms with E-state index in [4.69, 9.17) is 9.97 Å². The lowest BCUT2D eigenvalue weighted by Crippen LogP contribution is -1.97. The monoisotopic (exact) mass is 558 g/mol. The Hall–Kier alpha value is -5.55. The van der Waals surface area contributed by atoms with Crippen LogP contribution in [0.25, 0.3) is 61.6 Å². The van der Waals surface area contributed by atoms with Crippen LogP contribution in [0.3, 0.4) is 0 Å². The van der Waals surface area contributed by atoms with E-state index in [-0.39, 0.29) is 5.75 Å². The topological polar surface area (TPSA) is 63.8 Å². The van der Waals surface area contributed by atoms with E-state index in [1.165, 1.54) is 22.3 Å². The molecule has 1 N–H and O–H groups in total. The van der Waals surface area contributed by atoms with Gasteiger partial charge in [0, 0.05) is 29.2 Å². The van der Waals surface area contributed by atoms with Crippen LogP contribution in [-0.2, 0) is 0 Å². The molecule has 0 atom stereocenters. The van der Waals surface area contributed by atoms with Gasteiger partial charge in [0.25, 0.3) is 0 Å². The third-order valence-electron chi connectivity index (χ3n) is 7.90. The highest BCUT2D eigenvalue weighted by molar-refractivity contribution is 5.97. The summed E-state index contributed by atoms with van der Waals surface area (Å²) in [6.07, 6.45) is 5.56. The van der Waals surface area contributed by atoms with E-state index in [9.17, 15) is 5.11 Å². The van der Waals surface area contributed by atoms with Crippen LogP contribution in [0.4, 0.5) is 0 Å². The Labute approximate surface area is 250 Å². The quantitative estimate of drug-likeness (QED) is 0.229. The largest absolute Gasteiger partial charge is 0.507 e. The molecule has 208 valence electrons. The predicted molar refractivity (Wildman–Crippen MR) is 174 cm³/mol. The van der Waals surface area contributed by atoms with Gasteiger partial charge in [-0.2, -0.15) is 0 Å². The Kier molecular flexibility index (Phi) is 6.55. The minimum atomic E-state index is 0.175. The Morgan fingerprint density at radius 2 is 1.35 bits per heavy atom. The fourth-order valence-electron chi connectivity index (χ4n) is 6.13. The van der Waals surface area contributed by atoms with E-state index >= 15 is 0 Å². The second-order valence-corrected chi connectivity index (χ2v) is 11.0. The fraction of sp³-hybridized carbons (Fsp3) is 0.0789. The van der Waals surface area contributed by atoms with Crippen LogP contribution in [0.5, 0.6) is 5.75 Å². The van der Waals surface area contributed by atoms with Crippen LogP contribution in [0.1, 0.15) is 16.7 Å². The van der Waals surface area contributed by atoms with E-state index in [1.54, 1.807) is 6.07 Å². The number of para-hydroxylation sites is 2. The summed E-state index contributed by atoms with van der Waals surface area (Å²) in [6.45, 7) is 6.48. The third-order valence-corrected chi connectivity index (χ3v) is 7.90. The molecule has 0 amide bonds. The summed E-state index contributed by atoms with van der Waals surface area (Å²) in [5.41, 5.74) is 13.1. The minimum Gasteiger partial charge on any atom is -0.507 e. The van der Waals surface area contributed by atoms with Gasteiger partial charge in [-0.3, -0.25) is 14.5 Å². The van der Waals surface area contributed by atoms with E-state index in [0.29, 0.717) is 11.4 Å². The molecule has 7 rings (SSSR count). The number of aryl methyl sites for hydroxylation is 3. The molecule has 0 saturated heterocycles. The number of aromatic nitrogens is 4. The Morgan fingerprint density at radius 1 is 0.651 bits per heavy atom. The third kappa shape index (κ3) is 4.75. The van der Waals surface area contributed by atoms with Crippen LogP contribution in [0.2, 0.25) is 0 Å². The molecule has 0 radical (unpaired) electrons. The van der Waals surface area contributed by atoms with Crippen molar-refractivity contribution < 1.29 is 5.11 Å². The molecule has 0 aliphatic heterocycles. The highest BCUT2D eigenvalue weighted by atomic mass is 16.3. The first-order chi connectivity index (χ1) is 21.0. The minimum absolute atomic E-state index is 0.175. The highest BCUT2D eigenvalue weighted by Gasteiger charge is 2.21. The lowest BCUT2D eigenvalue weighted by molar-refractivity contribution is 0.477. The summed E-state index contributed by atoms with van der Waals surface area (Å²) in [5, 5.41) is 10.9. The van der Waals surface area contributed by atoms with Gasteiger partial charge >= 0.3 is 0 Å². The molecule has 0 fully saturated rings. The maximum absolute atomic E-state index is 10.9. The average molecular weight is 559 g/mol. The molecule has 4 aromatic carbocycles. The molecule has 0 spiro atoms. The SMILES string of the molecule is Cc1cc(C)c(-c2cc(-c3ccccn3)cc(-c3cncc4c3nc(-c3ccccc3O)n4-c3ccccc3)c2)c(C)c1. The number of benzene rings is 4. The van der Waals surface area contributed by atoms with Crippen LogP contribution >= 0.6 is 0 Å². The zero-order valence-corrected chi connectivity index (χ0v) is 24.3. The summed E-state index contributed by atoms with van der Waals surface area (Å²) >= 11 is 0. The number of imidazole rings is 1. The Bertz CT molecular complexity index is 2090. The summed E-state index contributed by atoms with van der Waals surface area (Å²) in [5.74, 6) is 0.828. The molecule has 5 heteroatoms. The molecular weight excluding hydrogens is 528 g/mol.